The van der Waals surface area contributed by atoms with Crippen molar-refractivity contribution in [1.82, 2.24) is 10.6 Å². The van der Waals surface area contributed by atoms with Crippen LogP contribution in [0.4, 0.5) is 5.69 Å². The monoisotopic (exact) mass is 475 g/mol. The molecule has 0 saturated heterocycles. The van der Waals surface area contributed by atoms with Crippen LogP contribution in [0.3, 0.4) is 0 Å². The van der Waals surface area contributed by atoms with E-state index in [1.54, 1.807) is 48.5 Å². The summed E-state index contributed by atoms with van der Waals surface area (Å²) in [6.07, 6.45) is 0.966. The van der Waals surface area contributed by atoms with E-state index in [2.05, 4.69) is 29.8 Å². The second kappa shape index (κ2) is 12.5. The van der Waals surface area contributed by atoms with Crippen LogP contribution in [-0.2, 0) is 6.54 Å². The van der Waals surface area contributed by atoms with Crippen LogP contribution in [0.1, 0.15) is 46.5 Å². The molecule has 0 aliphatic rings. The van der Waals surface area contributed by atoms with E-state index in [1.807, 2.05) is 30.3 Å². The van der Waals surface area contributed by atoms with Gasteiger partial charge in [0.15, 0.2) is 5.11 Å². The summed E-state index contributed by atoms with van der Waals surface area (Å²) in [4.78, 5) is 25.3. The molecule has 2 amide bonds. The molecule has 0 bridgehead atoms. The minimum Gasteiger partial charge on any atom is -0.494 e. The molecule has 0 spiro atoms. The Morgan fingerprint density at radius 2 is 1.56 bits per heavy atom. The van der Waals surface area contributed by atoms with E-state index in [4.69, 9.17) is 17.0 Å². The van der Waals surface area contributed by atoms with Crippen molar-refractivity contribution >= 4 is 34.8 Å². The van der Waals surface area contributed by atoms with Gasteiger partial charge in [-0.25, -0.2) is 0 Å². The SMILES string of the molecule is CC(C)CCOc1ccc(C(=O)NC(=S)Nc2ccccc2C(=O)NCc2ccccc2)cc1. The first kappa shape index (κ1) is 24.9. The van der Waals surface area contributed by atoms with Gasteiger partial charge in [-0.05, 0) is 66.5 Å². The number of benzene rings is 3. The van der Waals surface area contributed by atoms with E-state index in [0.717, 1.165) is 12.0 Å². The Morgan fingerprint density at radius 3 is 2.26 bits per heavy atom. The molecule has 0 aliphatic carbocycles. The first-order valence-corrected chi connectivity index (χ1v) is 11.6. The van der Waals surface area contributed by atoms with Crippen LogP contribution in [0.25, 0.3) is 0 Å². The maximum atomic E-state index is 12.7. The standard InChI is InChI=1S/C27H29N3O3S/c1-19(2)16-17-33-22-14-12-21(13-15-22)25(31)30-27(34)29-24-11-7-6-10-23(24)26(32)28-18-20-8-4-3-5-9-20/h3-15,19H,16-18H2,1-2H3,(H,28,32)(H2,29,30,31,34). The zero-order chi connectivity index (χ0) is 24.3. The second-order valence-corrected chi connectivity index (χ2v) is 8.59. The van der Waals surface area contributed by atoms with Crippen molar-refractivity contribution in [2.24, 2.45) is 5.92 Å². The number of hydrogen-bond donors (Lipinski definition) is 3. The lowest BCUT2D eigenvalue weighted by Gasteiger charge is -2.14. The number of hydrogen-bond acceptors (Lipinski definition) is 4. The number of carbonyl (C=O) groups is 2. The van der Waals surface area contributed by atoms with Crippen LogP contribution in [0.2, 0.25) is 0 Å². The van der Waals surface area contributed by atoms with Crippen LogP contribution in [0.5, 0.6) is 5.75 Å². The summed E-state index contributed by atoms with van der Waals surface area (Å²) in [5.74, 6) is 0.693. The van der Waals surface area contributed by atoms with Gasteiger partial charge in [-0.3, -0.25) is 14.9 Å². The third kappa shape index (κ3) is 7.71. The van der Waals surface area contributed by atoms with Crippen LogP contribution in [-0.4, -0.2) is 23.5 Å². The molecule has 3 N–H and O–H groups in total. The Labute approximate surface area is 205 Å². The van der Waals surface area contributed by atoms with Crippen molar-refractivity contribution in [3.63, 3.8) is 0 Å². The lowest BCUT2D eigenvalue weighted by Crippen LogP contribution is -2.35. The summed E-state index contributed by atoms with van der Waals surface area (Å²) < 4.78 is 5.69. The zero-order valence-electron chi connectivity index (χ0n) is 19.3. The highest BCUT2D eigenvalue weighted by Crippen LogP contribution is 2.16. The largest absolute Gasteiger partial charge is 0.494 e. The van der Waals surface area contributed by atoms with Crippen molar-refractivity contribution < 1.29 is 14.3 Å². The van der Waals surface area contributed by atoms with Gasteiger partial charge in [0.05, 0.1) is 17.9 Å². The topological polar surface area (TPSA) is 79.5 Å². The van der Waals surface area contributed by atoms with Gasteiger partial charge in [0.1, 0.15) is 5.75 Å². The molecule has 0 atom stereocenters. The zero-order valence-corrected chi connectivity index (χ0v) is 20.2. The fourth-order valence-corrected chi connectivity index (χ4v) is 3.31. The van der Waals surface area contributed by atoms with Crippen LogP contribution in [0, 0.1) is 5.92 Å². The Bertz CT molecular complexity index is 1120. The molecular weight excluding hydrogens is 446 g/mol. The Kier molecular flexibility index (Phi) is 9.17. The minimum atomic E-state index is -0.350. The predicted octanol–water partition coefficient (Wildman–Crippen LogP) is 5.17. The summed E-state index contributed by atoms with van der Waals surface area (Å²) in [6, 6.07) is 23.6. The Balaban J connectivity index is 1.55. The molecule has 0 radical (unpaired) electrons. The average Bonchev–Trinajstić information content (AvgIpc) is 2.83. The maximum absolute atomic E-state index is 12.7. The van der Waals surface area contributed by atoms with Crippen LogP contribution < -0.4 is 20.7 Å². The lowest BCUT2D eigenvalue weighted by atomic mass is 10.1. The first-order valence-electron chi connectivity index (χ1n) is 11.2. The third-order valence-electron chi connectivity index (χ3n) is 5.02. The molecular formula is C27H29N3O3S. The number of ether oxygens (including phenoxy) is 1. The van der Waals surface area contributed by atoms with Crippen molar-refractivity contribution in [3.8, 4) is 5.75 Å². The van der Waals surface area contributed by atoms with Crippen LogP contribution >= 0.6 is 12.2 Å². The van der Waals surface area contributed by atoms with Gasteiger partial charge in [0.2, 0.25) is 0 Å². The van der Waals surface area contributed by atoms with E-state index in [0.29, 0.717) is 41.6 Å². The average molecular weight is 476 g/mol. The molecule has 34 heavy (non-hydrogen) atoms. The molecule has 3 aromatic carbocycles. The number of carbonyl (C=O) groups excluding carboxylic acids is 2. The molecule has 3 aromatic rings. The van der Waals surface area contributed by atoms with Crippen LogP contribution in [0.15, 0.2) is 78.9 Å². The molecule has 6 nitrogen and oxygen atoms in total. The molecule has 176 valence electrons. The van der Waals surface area contributed by atoms with Gasteiger partial charge in [-0.15, -0.1) is 0 Å². The van der Waals surface area contributed by atoms with E-state index >= 15 is 0 Å². The summed E-state index contributed by atoms with van der Waals surface area (Å²) in [6.45, 7) is 5.33. The number of nitrogens with one attached hydrogen (secondary N) is 3. The van der Waals surface area contributed by atoms with Gasteiger partial charge in [-0.1, -0.05) is 56.3 Å². The molecule has 0 fully saturated rings. The van der Waals surface area contributed by atoms with Crippen molar-refractivity contribution in [2.75, 3.05) is 11.9 Å². The highest BCUT2D eigenvalue weighted by Gasteiger charge is 2.14. The molecule has 3 rings (SSSR count). The normalized spacial score (nSPS) is 10.4. The summed E-state index contributed by atoms with van der Waals surface area (Å²) >= 11 is 5.31. The number of para-hydroxylation sites is 1. The highest BCUT2D eigenvalue weighted by molar-refractivity contribution is 7.80. The molecule has 0 unspecified atom stereocenters. The fourth-order valence-electron chi connectivity index (χ4n) is 3.11. The summed E-state index contributed by atoms with van der Waals surface area (Å²) in [5, 5.41) is 8.61. The smallest absolute Gasteiger partial charge is 0.257 e. The third-order valence-corrected chi connectivity index (χ3v) is 5.23. The molecule has 0 saturated carbocycles. The number of amides is 2. The minimum absolute atomic E-state index is 0.102. The molecule has 7 heteroatoms. The van der Waals surface area contributed by atoms with Crippen molar-refractivity contribution in [2.45, 2.75) is 26.8 Å². The molecule has 0 aromatic heterocycles. The fraction of sp³-hybridized carbons (Fsp3) is 0.222. The quantitative estimate of drug-likeness (QED) is 0.372. The van der Waals surface area contributed by atoms with E-state index in [9.17, 15) is 9.59 Å². The summed E-state index contributed by atoms with van der Waals surface area (Å²) in [7, 11) is 0. The summed E-state index contributed by atoms with van der Waals surface area (Å²) in [5.41, 5.74) is 2.39. The van der Waals surface area contributed by atoms with E-state index < -0.39 is 0 Å². The lowest BCUT2D eigenvalue weighted by molar-refractivity contribution is 0.0950. The first-order chi connectivity index (χ1) is 16.4. The van der Waals surface area contributed by atoms with Gasteiger partial charge >= 0.3 is 0 Å². The van der Waals surface area contributed by atoms with Gasteiger partial charge < -0.3 is 15.4 Å². The second-order valence-electron chi connectivity index (χ2n) is 8.18. The van der Waals surface area contributed by atoms with Gasteiger partial charge in [-0.2, -0.15) is 0 Å². The maximum Gasteiger partial charge on any atom is 0.257 e. The molecule has 0 heterocycles. The van der Waals surface area contributed by atoms with Crippen molar-refractivity contribution in [1.29, 1.82) is 0 Å². The highest BCUT2D eigenvalue weighted by atomic mass is 32.1. The predicted molar refractivity (Wildman–Crippen MR) is 139 cm³/mol. The van der Waals surface area contributed by atoms with Gasteiger partial charge in [0.25, 0.3) is 11.8 Å². The number of thiocarbonyl (C=S) groups is 1. The van der Waals surface area contributed by atoms with E-state index in [1.165, 1.54) is 0 Å². The van der Waals surface area contributed by atoms with Gasteiger partial charge in [0, 0.05) is 12.1 Å². The Hall–Kier alpha value is -3.71. The molecule has 0 aliphatic heterocycles. The van der Waals surface area contributed by atoms with Crippen molar-refractivity contribution in [3.05, 3.63) is 95.6 Å². The van der Waals surface area contributed by atoms with E-state index in [-0.39, 0.29) is 16.9 Å². The number of rotatable bonds is 9. The number of anilines is 1. The Morgan fingerprint density at radius 1 is 0.882 bits per heavy atom.